The minimum atomic E-state index is -3.54. The SMILES string of the molecule is CC(C)c1ccc(S(=O)(=O)NCC2(c3ccc(F)cc3)CC2)cc1. The van der Waals surface area contributed by atoms with Gasteiger partial charge in [0.2, 0.25) is 10.0 Å². The van der Waals surface area contributed by atoms with Crippen LogP contribution in [-0.2, 0) is 15.4 Å². The van der Waals surface area contributed by atoms with Gasteiger partial charge in [0, 0.05) is 12.0 Å². The first-order valence-corrected chi connectivity index (χ1v) is 9.66. The standard InChI is InChI=1S/C19H22FNO2S/c1-14(2)15-3-9-18(10-4-15)24(22,23)21-13-19(11-12-19)16-5-7-17(20)8-6-16/h3-10,14,21H,11-13H2,1-2H3. The van der Waals surface area contributed by atoms with Crippen molar-refractivity contribution >= 4 is 10.0 Å². The Labute approximate surface area is 143 Å². The summed E-state index contributed by atoms with van der Waals surface area (Å²) < 4.78 is 40.8. The van der Waals surface area contributed by atoms with Crippen molar-refractivity contribution in [1.82, 2.24) is 4.72 Å². The molecule has 1 aliphatic rings. The monoisotopic (exact) mass is 347 g/mol. The van der Waals surface area contributed by atoms with E-state index in [4.69, 9.17) is 0 Å². The lowest BCUT2D eigenvalue weighted by Crippen LogP contribution is -2.32. The maximum Gasteiger partial charge on any atom is 0.240 e. The van der Waals surface area contributed by atoms with Crippen LogP contribution in [-0.4, -0.2) is 15.0 Å². The molecule has 128 valence electrons. The van der Waals surface area contributed by atoms with Gasteiger partial charge in [0.15, 0.2) is 0 Å². The molecule has 0 aromatic heterocycles. The summed E-state index contributed by atoms with van der Waals surface area (Å²) in [6.45, 7) is 4.48. The third-order valence-corrected chi connectivity index (χ3v) is 6.18. The second kappa shape index (κ2) is 6.30. The Balaban J connectivity index is 1.72. The Kier molecular flexibility index (Phi) is 4.49. The molecule has 0 radical (unpaired) electrons. The molecule has 3 rings (SSSR count). The summed E-state index contributed by atoms with van der Waals surface area (Å²) in [7, 11) is -3.54. The topological polar surface area (TPSA) is 46.2 Å². The van der Waals surface area contributed by atoms with E-state index in [1.54, 1.807) is 24.3 Å². The zero-order valence-electron chi connectivity index (χ0n) is 13.9. The van der Waals surface area contributed by atoms with Gasteiger partial charge in [-0.1, -0.05) is 38.1 Å². The van der Waals surface area contributed by atoms with Crippen molar-refractivity contribution in [2.45, 2.75) is 42.9 Å². The van der Waals surface area contributed by atoms with Crippen LogP contribution in [0.4, 0.5) is 4.39 Å². The molecule has 0 unspecified atom stereocenters. The van der Waals surface area contributed by atoms with Crippen molar-refractivity contribution in [1.29, 1.82) is 0 Å². The van der Waals surface area contributed by atoms with Gasteiger partial charge < -0.3 is 0 Å². The van der Waals surface area contributed by atoms with E-state index in [0.717, 1.165) is 24.0 Å². The van der Waals surface area contributed by atoms with Gasteiger partial charge in [0.05, 0.1) is 4.90 Å². The molecule has 24 heavy (non-hydrogen) atoms. The van der Waals surface area contributed by atoms with Crippen molar-refractivity contribution in [3.8, 4) is 0 Å². The predicted molar refractivity (Wildman–Crippen MR) is 93.0 cm³/mol. The molecule has 0 atom stereocenters. The first kappa shape index (κ1) is 17.1. The Morgan fingerprint density at radius 1 is 1.04 bits per heavy atom. The van der Waals surface area contributed by atoms with Crippen LogP contribution >= 0.6 is 0 Å². The molecule has 0 aliphatic heterocycles. The molecule has 0 bridgehead atoms. The summed E-state index contributed by atoms with van der Waals surface area (Å²) in [5.74, 6) is 0.0864. The van der Waals surface area contributed by atoms with Gasteiger partial charge in [-0.2, -0.15) is 0 Å². The third kappa shape index (κ3) is 3.52. The summed E-state index contributed by atoms with van der Waals surface area (Å²) in [4.78, 5) is 0.279. The minimum Gasteiger partial charge on any atom is -0.210 e. The van der Waals surface area contributed by atoms with E-state index in [-0.39, 0.29) is 16.1 Å². The predicted octanol–water partition coefficient (Wildman–Crippen LogP) is 3.96. The largest absolute Gasteiger partial charge is 0.240 e. The number of sulfonamides is 1. The normalized spacial score (nSPS) is 16.3. The maximum absolute atomic E-state index is 13.1. The summed E-state index contributed by atoms with van der Waals surface area (Å²) >= 11 is 0. The van der Waals surface area contributed by atoms with Crippen LogP contribution in [0.25, 0.3) is 0 Å². The highest BCUT2D eigenvalue weighted by Crippen LogP contribution is 2.47. The van der Waals surface area contributed by atoms with E-state index in [0.29, 0.717) is 12.5 Å². The summed E-state index contributed by atoms with van der Waals surface area (Å²) in [5.41, 5.74) is 1.90. The highest BCUT2D eigenvalue weighted by atomic mass is 32.2. The van der Waals surface area contributed by atoms with Crippen LogP contribution in [0.2, 0.25) is 0 Å². The number of hydrogen-bond acceptors (Lipinski definition) is 2. The number of hydrogen-bond donors (Lipinski definition) is 1. The van der Waals surface area contributed by atoms with Crippen LogP contribution in [0.1, 0.15) is 43.7 Å². The number of halogens is 1. The molecule has 2 aromatic rings. The number of nitrogens with one attached hydrogen (secondary N) is 1. The van der Waals surface area contributed by atoms with Crippen LogP contribution in [0.5, 0.6) is 0 Å². The van der Waals surface area contributed by atoms with Gasteiger partial charge in [0.25, 0.3) is 0 Å². The average molecular weight is 347 g/mol. The van der Waals surface area contributed by atoms with Crippen molar-refractivity contribution in [2.75, 3.05) is 6.54 Å². The third-order valence-electron chi connectivity index (χ3n) is 4.77. The van der Waals surface area contributed by atoms with E-state index >= 15 is 0 Å². The van der Waals surface area contributed by atoms with Gasteiger partial charge in [-0.15, -0.1) is 0 Å². The molecule has 2 aromatic carbocycles. The van der Waals surface area contributed by atoms with Gasteiger partial charge in [-0.05, 0) is 54.2 Å². The lowest BCUT2D eigenvalue weighted by atomic mass is 9.96. The molecule has 3 nitrogen and oxygen atoms in total. The fourth-order valence-corrected chi connectivity index (χ4v) is 4.00. The second-order valence-corrected chi connectivity index (χ2v) is 8.60. The second-order valence-electron chi connectivity index (χ2n) is 6.84. The number of rotatable bonds is 6. The van der Waals surface area contributed by atoms with E-state index in [2.05, 4.69) is 18.6 Å². The highest BCUT2D eigenvalue weighted by molar-refractivity contribution is 7.89. The Bertz CT molecular complexity index is 807. The van der Waals surface area contributed by atoms with Crippen molar-refractivity contribution < 1.29 is 12.8 Å². The fourth-order valence-electron chi connectivity index (χ4n) is 2.87. The molecular weight excluding hydrogens is 325 g/mol. The smallest absolute Gasteiger partial charge is 0.210 e. The zero-order valence-corrected chi connectivity index (χ0v) is 14.7. The molecule has 0 spiro atoms. The molecular formula is C19H22FNO2S. The molecule has 5 heteroatoms. The van der Waals surface area contributed by atoms with Crippen molar-refractivity contribution in [3.05, 3.63) is 65.5 Å². The molecule has 0 saturated heterocycles. The summed E-state index contributed by atoms with van der Waals surface area (Å²) in [6.07, 6.45) is 1.82. The molecule has 1 saturated carbocycles. The van der Waals surface area contributed by atoms with E-state index in [1.165, 1.54) is 12.1 Å². The lowest BCUT2D eigenvalue weighted by Gasteiger charge is -2.17. The minimum absolute atomic E-state index is 0.196. The zero-order chi connectivity index (χ0) is 17.4. The fraction of sp³-hybridized carbons (Fsp3) is 0.368. The average Bonchev–Trinajstić information content (AvgIpc) is 3.35. The molecule has 0 amide bonds. The first-order valence-electron chi connectivity index (χ1n) is 8.18. The molecule has 0 heterocycles. The number of benzene rings is 2. The van der Waals surface area contributed by atoms with Gasteiger partial charge in [-0.3, -0.25) is 0 Å². The van der Waals surface area contributed by atoms with Crippen LogP contribution in [0.3, 0.4) is 0 Å². The van der Waals surface area contributed by atoms with E-state index in [1.807, 2.05) is 12.1 Å². The Hall–Kier alpha value is -1.72. The Morgan fingerprint density at radius 3 is 2.12 bits per heavy atom. The molecule has 1 N–H and O–H groups in total. The lowest BCUT2D eigenvalue weighted by molar-refractivity contribution is 0.566. The highest BCUT2D eigenvalue weighted by Gasteiger charge is 2.44. The van der Waals surface area contributed by atoms with Gasteiger partial charge in [-0.25, -0.2) is 17.5 Å². The Morgan fingerprint density at radius 2 is 1.62 bits per heavy atom. The van der Waals surface area contributed by atoms with Crippen molar-refractivity contribution in [2.24, 2.45) is 0 Å². The van der Waals surface area contributed by atoms with Crippen molar-refractivity contribution in [3.63, 3.8) is 0 Å². The van der Waals surface area contributed by atoms with E-state index in [9.17, 15) is 12.8 Å². The summed E-state index contributed by atoms with van der Waals surface area (Å²) in [5, 5.41) is 0. The molecule has 1 aliphatic carbocycles. The first-order chi connectivity index (χ1) is 11.3. The van der Waals surface area contributed by atoms with Crippen LogP contribution in [0.15, 0.2) is 53.4 Å². The van der Waals surface area contributed by atoms with Gasteiger partial charge in [0.1, 0.15) is 5.82 Å². The van der Waals surface area contributed by atoms with Gasteiger partial charge >= 0.3 is 0 Å². The van der Waals surface area contributed by atoms with Crippen LogP contribution < -0.4 is 4.72 Å². The van der Waals surface area contributed by atoms with Crippen LogP contribution in [0, 0.1) is 5.82 Å². The maximum atomic E-state index is 13.1. The van der Waals surface area contributed by atoms with E-state index < -0.39 is 10.0 Å². The summed E-state index contributed by atoms with van der Waals surface area (Å²) in [6, 6.07) is 13.3. The molecule has 1 fully saturated rings. The quantitative estimate of drug-likeness (QED) is 0.860.